The van der Waals surface area contributed by atoms with Crippen LogP contribution >= 0.6 is 0 Å². The summed E-state index contributed by atoms with van der Waals surface area (Å²) in [5.41, 5.74) is 13.3. The molecule has 15 heavy (non-hydrogen) atoms. The van der Waals surface area contributed by atoms with Crippen LogP contribution in [0.1, 0.15) is 23.6 Å². The van der Waals surface area contributed by atoms with Crippen LogP contribution < -0.4 is 16.2 Å². The maximum absolute atomic E-state index is 10.5. The first-order valence-electron chi connectivity index (χ1n) is 4.96. The molecular formula is C11H14N2O2. The van der Waals surface area contributed by atoms with Crippen LogP contribution in [0, 0.1) is 0 Å². The highest BCUT2D eigenvalue weighted by molar-refractivity contribution is 5.75. The number of aryl methyl sites for hydroxylation is 1. The lowest BCUT2D eigenvalue weighted by Gasteiger charge is -2.08. The first-order chi connectivity index (χ1) is 7.16. The van der Waals surface area contributed by atoms with Crippen LogP contribution in [0.15, 0.2) is 18.2 Å². The van der Waals surface area contributed by atoms with Crippen LogP contribution in [0.3, 0.4) is 0 Å². The van der Waals surface area contributed by atoms with E-state index in [4.69, 9.17) is 16.2 Å². The van der Waals surface area contributed by atoms with E-state index in [0.29, 0.717) is 5.75 Å². The number of hydrogen-bond donors (Lipinski definition) is 2. The maximum Gasteiger partial charge on any atom is 0.255 e. The topological polar surface area (TPSA) is 78.3 Å². The maximum atomic E-state index is 10.5. The van der Waals surface area contributed by atoms with Crippen LogP contribution in [0.25, 0.3) is 0 Å². The van der Waals surface area contributed by atoms with Crippen molar-refractivity contribution in [2.24, 2.45) is 11.5 Å². The fraction of sp³-hybridized carbons (Fsp3) is 0.364. The number of fused-ring (bicyclic) bond motifs is 1. The van der Waals surface area contributed by atoms with Crippen LogP contribution in [-0.4, -0.2) is 12.5 Å². The lowest BCUT2D eigenvalue weighted by Crippen LogP contribution is -2.20. The molecule has 0 spiro atoms. The Labute approximate surface area is 88.2 Å². The van der Waals surface area contributed by atoms with Crippen molar-refractivity contribution in [3.8, 4) is 5.75 Å². The zero-order chi connectivity index (χ0) is 10.8. The Kier molecular flexibility index (Phi) is 2.60. The van der Waals surface area contributed by atoms with E-state index in [0.717, 1.165) is 18.4 Å². The molecule has 1 aromatic rings. The molecule has 0 aromatic heterocycles. The number of amides is 1. The molecule has 0 saturated carbocycles. The van der Waals surface area contributed by atoms with Gasteiger partial charge in [0.05, 0.1) is 0 Å². The van der Waals surface area contributed by atoms with Crippen molar-refractivity contribution >= 4 is 5.91 Å². The molecule has 0 aliphatic heterocycles. The second-order valence-corrected chi connectivity index (χ2v) is 3.76. The molecule has 0 saturated heterocycles. The molecule has 1 unspecified atom stereocenters. The van der Waals surface area contributed by atoms with E-state index in [1.54, 1.807) is 0 Å². The monoisotopic (exact) mass is 206 g/mol. The molecule has 0 bridgehead atoms. The first kappa shape index (κ1) is 9.98. The van der Waals surface area contributed by atoms with Crippen molar-refractivity contribution in [2.45, 2.75) is 18.9 Å². The van der Waals surface area contributed by atoms with Crippen molar-refractivity contribution in [1.82, 2.24) is 0 Å². The third kappa shape index (κ3) is 2.10. The van der Waals surface area contributed by atoms with Gasteiger partial charge in [-0.1, -0.05) is 6.07 Å². The molecule has 80 valence electrons. The molecule has 4 N–H and O–H groups in total. The third-order valence-corrected chi connectivity index (χ3v) is 2.62. The summed E-state index contributed by atoms with van der Waals surface area (Å²) in [7, 11) is 0. The minimum absolute atomic E-state index is 0.0893. The molecule has 4 nitrogen and oxygen atoms in total. The minimum atomic E-state index is -0.472. The summed E-state index contributed by atoms with van der Waals surface area (Å²) in [5, 5.41) is 0. The number of benzene rings is 1. The van der Waals surface area contributed by atoms with Gasteiger partial charge in [-0.3, -0.25) is 4.79 Å². The number of ether oxygens (including phenoxy) is 1. The smallest absolute Gasteiger partial charge is 0.255 e. The lowest BCUT2D eigenvalue weighted by atomic mass is 10.1. The molecule has 4 heteroatoms. The number of carbonyl (C=O) groups excluding carboxylic acids is 1. The second-order valence-electron chi connectivity index (χ2n) is 3.76. The quantitative estimate of drug-likeness (QED) is 0.755. The van der Waals surface area contributed by atoms with Gasteiger partial charge in [0, 0.05) is 6.04 Å². The molecule has 1 aromatic carbocycles. The van der Waals surface area contributed by atoms with Crippen molar-refractivity contribution in [2.75, 3.05) is 6.61 Å². The normalized spacial score (nSPS) is 18.6. The summed E-state index contributed by atoms with van der Waals surface area (Å²) < 4.78 is 5.21. The van der Waals surface area contributed by atoms with E-state index >= 15 is 0 Å². The van der Waals surface area contributed by atoms with E-state index in [2.05, 4.69) is 0 Å². The summed E-state index contributed by atoms with van der Waals surface area (Å²) in [4.78, 5) is 10.5. The average Bonchev–Trinajstić information content (AvgIpc) is 2.57. The lowest BCUT2D eigenvalue weighted by molar-refractivity contribution is -0.119. The van der Waals surface area contributed by atoms with E-state index in [1.807, 2.05) is 18.2 Å². The predicted octanol–water partition coefficient (Wildman–Crippen LogP) is 0.497. The summed E-state index contributed by atoms with van der Waals surface area (Å²) >= 11 is 0. The molecule has 1 aliphatic rings. The number of nitrogens with two attached hydrogens (primary N) is 2. The van der Waals surface area contributed by atoms with Crippen LogP contribution in [0.2, 0.25) is 0 Å². The van der Waals surface area contributed by atoms with E-state index in [-0.39, 0.29) is 12.6 Å². The SMILES string of the molecule is NC(=O)COc1ccc2c(c1)C(N)CC2. The molecule has 0 radical (unpaired) electrons. The van der Waals surface area contributed by atoms with Gasteiger partial charge in [0.25, 0.3) is 5.91 Å². The van der Waals surface area contributed by atoms with Crippen LogP contribution in [0.4, 0.5) is 0 Å². The fourth-order valence-corrected chi connectivity index (χ4v) is 1.86. The highest BCUT2D eigenvalue weighted by atomic mass is 16.5. The molecule has 1 atom stereocenters. The Morgan fingerprint density at radius 3 is 3.07 bits per heavy atom. The number of hydrogen-bond acceptors (Lipinski definition) is 3. The van der Waals surface area contributed by atoms with Crippen molar-refractivity contribution in [3.05, 3.63) is 29.3 Å². The summed E-state index contributed by atoms with van der Waals surface area (Å²) in [6.07, 6.45) is 2.00. The highest BCUT2D eigenvalue weighted by Gasteiger charge is 2.19. The number of rotatable bonds is 3. The van der Waals surface area contributed by atoms with Gasteiger partial charge in [-0.15, -0.1) is 0 Å². The molecule has 0 heterocycles. The Bertz CT molecular complexity index is 390. The van der Waals surface area contributed by atoms with Crippen LogP contribution in [0.5, 0.6) is 5.75 Å². The van der Waals surface area contributed by atoms with Gasteiger partial charge in [-0.25, -0.2) is 0 Å². The first-order valence-corrected chi connectivity index (χ1v) is 4.96. The third-order valence-electron chi connectivity index (χ3n) is 2.62. The molecule has 2 rings (SSSR count). The van der Waals surface area contributed by atoms with Crippen molar-refractivity contribution < 1.29 is 9.53 Å². The molecule has 0 fully saturated rings. The van der Waals surface area contributed by atoms with Crippen molar-refractivity contribution in [3.63, 3.8) is 0 Å². The van der Waals surface area contributed by atoms with Gasteiger partial charge < -0.3 is 16.2 Å². The molecular weight excluding hydrogens is 192 g/mol. The zero-order valence-corrected chi connectivity index (χ0v) is 8.40. The number of primary amides is 1. The average molecular weight is 206 g/mol. The van der Waals surface area contributed by atoms with Gasteiger partial charge >= 0.3 is 0 Å². The predicted molar refractivity (Wildman–Crippen MR) is 56.4 cm³/mol. The Morgan fingerprint density at radius 1 is 1.53 bits per heavy atom. The Balaban J connectivity index is 2.14. The second kappa shape index (κ2) is 3.90. The van der Waals surface area contributed by atoms with Gasteiger partial charge in [0.15, 0.2) is 6.61 Å². The van der Waals surface area contributed by atoms with E-state index in [9.17, 15) is 4.79 Å². The Morgan fingerprint density at radius 2 is 2.33 bits per heavy atom. The van der Waals surface area contributed by atoms with Crippen molar-refractivity contribution in [1.29, 1.82) is 0 Å². The number of carbonyl (C=O) groups is 1. The van der Waals surface area contributed by atoms with Gasteiger partial charge in [0.1, 0.15) is 5.75 Å². The summed E-state index contributed by atoms with van der Waals surface area (Å²) in [5.74, 6) is 0.185. The highest BCUT2D eigenvalue weighted by Crippen LogP contribution is 2.31. The van der Waals surface area contributed by atoms with Gasteiger partial charge in [0.2, 0.25) is 0 Å². The van der Waals surface area contributed by atoms with E-state index < -0.39 is 5.91 Å². The van der Waals surface area contributed by atoms with Crippen LogP contribution in [-0.2, 0) is 11.2 Å². The standard InChI is InChI=1S/C11H14N2O2/c12-10-4-2-7-1-3-8(5-9(7)10)15-6-11(13)14/h1,3,5,10H,2,4,6,12H2,(H2,13,14). The fourth-order valence-electron chi connectivity index (χ4n) is 1.86. The largest absolute Gasteiger partial charge is 0.484 e. The molecule has 1 aliphatic carbocycles. The van der Waals surface area contributed by atoms with E-state index in [1.165, 1.54) is 5.56 Å². The summed E-state index contributed by atoms with van der Waals surface area (Å²) in [6.45, 7) is -0.0893. The minimum Gasteiger partial charge on any atom is -0.484 e. The van der Waals surface area contributed by atoms with Gasteiger partial charge in [-0.2, -0.15) is 0 Å². The molecule has 1 amide bonds. The summed E-state index contributed by atoms with van der Waals surface area (Å²) in [6, 6.07) is 5.84. The zero-order valence-electron chi connectivity index (χ0n) is 8.40. The van der Waals surface area contributed by atoms with Gasteiger partial charge in [-0.05, 0) is 36.1 Å². The Hall–Kier alpha value is -1.55.